The molecule has 2 N–H and O–H groups in total. The molecular formula is C33H25FN4O3. The van der Waals surface area contributed by atoms with E-state index in [9.17, 15) is 9.18 Å². The molecule has 1 atom stereocenters. The minimum Gasteiger partial charge on any atom is -0.456 e. The number of rotatable bonds is 7. The Morgan fingerprint density at radius 2 is 1.68 bits per heavy atom. The average Bonchev–Trinajstić information content (AvgIpc) is 2.99. The van der Waals surface area contributed by atoms with Crippen LogP contribution in [0.3, 0.4) is 0 Å². The topological polar surface area (TPSA) is 85.4 Å². The molecule has 0 bridgehead atoms. The maximum absolute atomic E-state index is 13.9. The number of fused-ring (bicyclic) bond motifs is 1. The van der Waals surface area contributed by atoms with Crippen molar-refractivity contribution in [1.29, 1.82) is 0 Å². The second-order valence-electron chi connectivity index (χ2n) is 9.47. The number of halogens is 1. The van der Waals surface area contributed by atoms with Crippen molar-refractivity contribution in [3.63, 3.8) is 0 Å². The Morgan fingerprint density at radius 1 is 0.854 bits per heavy atom. The van der Waals surface area contributed by atoms with Gasteiger partial charge in [0.2, 0.25) is 5.88 Å². The van der Waals surface area contributed by atoms with Crippen LogP contribution in [0.4, 0.5) is 15.8 Å². The van der Waals surface area contributed by atoms with E-state index >= 15 is 0 Å². The van der Waals surface area contributed by atoms with Crippen LogP contribution in [0.5, 0.6) is 23.1 Å². The number of hydrogen-bond donors (Lipinski definition) is 2. The third-order valence-electron chi connectivity index (χ3n) is 6.42. The lowest BCUT2D eigenvalue weighted by atomic mass is 9.93. The Hall–Kier alpha value is -5.50. The van der Waals surface area contributed by atoms with Crippen LogP contribution in [0.1, 0.15) is 12.5 Å². The van der Waals surface area contributed by atoms with Gasteiger partial charge < -0.3 is 20.1 Å². The van der Waals surface area contributed by atoms with Crippen LogP contribution in [0.2, 0.25) is 0 Å². The summed E-state index contributed by atoms with van der Waals surface area (Å²) < 4.78 is 25.4. The van der Waals surface area contributed by atoms with Gasteiger partial charge in [0.1, 0.15) is 11.5 Å². The molecule has 6 rings (SSSR count). The van der Waals surface area contributed by atoms with Crippen LogP contribution in [-0.4, -0.2) is 21.9 Å². The molecule has 1 aliphatic heterocycles. The third kappa shape index (κ3) is 5.91. The molecule has 2 aromatic heterocycles. The molecular weight excluding hydrogens is 519 g/mol. The first-order valence-electron chi connectivity index (χ1n) is 13.0. The Kier molecular flexibility index (Phi) is 7.11. The highest BCUT2D eigenvalue weighted by molar-refractivity contribution is 6.27. The monoisotopic (exact) mass is 544 g/mol. The largest absolute Gasteiger partial charge is 0.456 e. The van der Waals surface area contributed by atoms with Gasteiger partial charge >= 0.3 is 0 Å². The first kappa shape index (κ1) is 25.8. The highest BCUT2D eigenvalue weighted by Crippen LogP contribution is 2.35. The highest BCUT2D eigenvalue weighted by Gasteiger charge is 2.23. The number of amides is 1. The Bertz CT molecular complexity index is 1740. The lowest BCUT2D eigenvalue weighted by Crippen LogP contribution is -2.23. The molecule has 41 heavy (non-hydrogen) atoms. The van der Waals surface area contributed by atoms with Gasteiger partial charge in [-0.25, -0.2) is 9.37 Å². The molecule has 0 radical (unpaired) electrons. The minimum atomic E-state index is -0.483. The Morgan fingerprint density at radius 3 is 2.49 bits per heavy atom. The van der Waals surface area contributed by atoms with Gasteiger partial charge in [0.15, 0.2) is 11.6 Å². The fourth-order valence-electron chi connectivity index (χ4n) is 4.51. The summed E-state index contributed by atoms with van der Waals surface area (Å²) in [5, 5.41) is 6.32. The van der Waals surface area contributed by atoms with E-state index in [4.69, 9.17) is 9.47 Å². The molecule has 3 heterocycles. The van der Waals surface area contributed by atoms with E-state index < -0.39 is 5.82 Å². The fourth-order valence-corrected chi connectivity index (χ4v) is 4.51. The molecule has 1 amide bonds. The van der Waals surface area contributed by atoms with Gasteiger partial charge in [0.25, 0.3) is 5.91 Å². The van der Waals surface area contributed by atoms with Crippen LogP contribution in [0.25, 0.3) is 16.7 Å². The van der Waals surface area contributed by atoms with Crippen molar-refractivity contribution in [3.8, 4) is 34.3 Å². The van der Waals surface area contributed by atoms with Gasteiger partial charge in [0.05, 0.1) is 18.1 Å². The van der Waals surface area contributed by atoms with Gasteiger partial charge in [-0.15, -0.1) is 0 Å². The lowest BCUT2D eigenvalue weighted by Gasteiger charge is -2.24. The number of carbonyl (C=O) groups is 1. The second kappa shape index (κ2) is 11.3. The van der Waals surface area contributed by atoms with Crippen molar-refractivity contribution < 1.29 is 18.7 Å². The van der Waals surface area contributed by atoms with E-state index in [0.717, 1.165) is 28.1 Å². The normalized spacial score (nSPS) is 13.8. The average molecular weight is 545 g/mol. The van der Waals surface area contributed by atoms with Crippen molar-refractivity contribution in [3.05, 3.63) is 127 Å². The highest BCUT2D eigenvalue weighted by atomic mass is 19.1. The number of aromatic nitrogens is 2. The molecule has 5 aromatic rings. The first-order chi connectivity index (χ1) is 20.0. The van der Waals surface area contributed by atoms with Crippen LogP contribution < -0.4 is 20.1 Å². The maximum atomic E-state index is 13.9. The molecule has 0 saturated carbocycles. The minimum absolute atomic E-state index is 0.0481. The van der Waals surface area contributed by atoms with Gasteiger partial charge in [0, 0.05) is 40.7 Å². The Balaban J connectivity index is 1.21. The van der Waals surface area contributed by atoms with E-state index in [1.165, 1.54) is 18.3 Å². The van der Waals surface area contributed by atoms with Crippen LogP contribution in [0, 0.1) is 5.82 Å². The number of anilines is 2. The zero-order chi connectivity index (χ0) is 28.2. The number of ether oxygens (including phenoxy) is 2. The predicted octanol–water partition coefficient (Wildman–Crippen LogP) is 7.70. The summed E-state index contributed by atoms with van der Waals surface area (Å²) in [5.74, 6) is 0.860. The van der Waals surface area contributed by atoms with Crippen LogP contribution in [-0.2, 0) is 4.79 Å². The van der Waals surface area contributed by atoms with Crippen molar-refractivity contribution in [2.45, 2.75) is 13.0 Å². The number of benzene rings is 3. The summed E-state index contributed by atoms with van der Waals surface area (Å²) in [6.45, 7) is 1.98. The van der Waals surface area contributed by atoms with E-state index in [1.54, 1.807) is 36.7 Å². The van der Waals surface area contributed by atoms with E-state index in [-0.39, 0.29) is 23.6 Å². The number of carbonyl (C=O) groups excluding carboxylic acids is 1. The summed E-state index contributed by atoms with van der Waals surface area (Å²) in [7, 11) is 0. The zero-order valence-electron chi connectivity index (χ0n) is 22.0. The molecule has 0 aliphatic carbocycles. The van der Waals surface area contributed by atoms with Crippen LogP contribution in [0.15, 0.2) is 116 Å². The van der Waals surface area contributed by atoms with Crippen molar-refractivity contribution in [1.82, 2.24) is 9.97 Å². The Labute approximate surface area is 236 Å². The molecule has 8 heteroatoms. The van der Waals surface area contributed by atoms with Crippen molar-refractivity contribution in [2.75, 3.05) is 10.6 Å². The summed E-state index contributed by atoms with van der Waals surface area (Å²) in [4.78, 5) is 22.0. The number of nitrogens with zero attached hydrogens (tertiary/aromatic N) is 2. The predicted molar refractivity (Wildman–Crippen MR) is 157 cm³/mol. The van der Waals surface area contributed by atoms with Gasteiger partial charge in [-0.2, -0.15) is 0 Å². The quantitative estimate of drug-likeness (QED) is 0.218. The van der Waals surface area contributed by atoms with E-state index in [0.29, 0.717) is 17.0 Å². The standard InChI is InChI=1S/C33H25FN4O3/c1-21-15-28(33(39)38-24-12-14-32(36-19-24)41-31-10-6-5-9-29(31)34)27-17-22(11-13-30(27)37-21)23-16-26(20-35-18-23)40-25-7-3-2-4-8-25/h2-21,37H,1H3,(H,38,39)/t21-/m1/s1. The fraction of sp³-hybridized carbons (Fsp3) is 0.0606. The number of nitrogens with one attached hydrogen (secondary N) is 2. The van der Waals surface area contributed by atoms with Crippen LogP contribution >= 0.6 is 0 Å². The molecule has 0 unspecified atom stereocenters. The van der Waals surface area contributed by atoms with Gasteiger partial charge in [-0.3, -0.25) is 9.78 Å². The molecule has 0 fully saturated rings. The zero-order valence-corrected chi connectivity index (χ0v) is 22.0. The lowest BCUT2D eigenvalue weighted by molar-refractivity contribution is -0.111. The van der Waals surface area contributed by atoms with Crippen molar-refractivity contribution >= 4 is 22.9 Å². The third-order valence-corrected chi connectivity index (χ3v) is 6.42. The van der Waals surface area contributed by atoms with E-state index in [2.05, 4.69) is 20.6 Å². The molecule has 0 saturated heterocycles. The molecule has 1 aliphatic rings. The van der Waals surface area contributed by atoms with Crippen molar-refractivity contribution in [2.24, 2.45) is 0 Å². The van der Waals surface area contributed by atoms with Gasteiger partial charge in [-0.05, 0) is 67.1 Å². The summed E-state index contributed by atoms with van der Waals surface area (Å²) >= 11 is 0. The number of para-hydroxylation sites is 2. The summed E-state index contributed by atoms with van der Waals surface area (Å²) in [6, 6.07) is 26.6. The summed E-state index contributed by atoms with van der Waals surface area (Å²) in [5.41, 5.74) is 4.38. The second-order valence-corrected chi connectivity index (χ2v) is 9.47. The molecule has 7 nitrogen and oxygen atoms in total. The summed E-state index contributed by atoms with van der Waals surface area (Å²) in [6.07, 6.45) is 6.79. The SMILES string of the molecule is C[C@@H]1C=C(C(=O)Nc2ccc(Oc3ccccc3F)nc2)c2cc(-c3cncc(Oc4ccccc4)c3)ccc2N1. The molecule has 0 spiro atoms. The van der Waals surface area contributed by atoms with E-state index in [1.807, 2.05) is 67.6 Å². The number of pyridine rings is 2. The number of hydrogen-bond acceptors (Lipinski definition) is 6. The maximum Gasteiger partial charge on any atom is 0.256 e. The molecule has 3 aromatic carbocycles. The smallest absolute Gasteiger partial charge is 0.256 e. The molecule has 202 valence electrons. The first-order valence-corrected chi connectivity index (χ1v) is 13.0. The van der Waals surface area contributed by atoms with Gasteiger partial charge in [-0.1, -0.05) is 36.4 Å².